The number of benzene rings is 1. The highest BCUT2D eigenvalue weighted by Crippen LogP contribution is 2.42. The first-order chi connectivity index (χ1) is 9.32. The van der Waals surface area contributed by atoms with Crippen molar-refractivity contribution in [3.05, 3.63) is 35.6 Å². The van der Waals surface area contributed by atoms with Crippen molar-refractivity contribution < 1.29 is 22.4 Å². The molecule has 1 aromatic carbocycles. The number of hydrogen-bond acceptors (Lipinski definition) is 1. The molecule has 1 aromatic rings. The Hall–Kier alpha value is -1.59. The second-order valence-electron chi connectivity index (χ2n) is 5.14. The first kappa shape index (κ1) is 14.8. The molecule has 0 heterocycles. The van der Waals surface area contributed by atoms with Gasteiger partial charge in [-0.05, 0) is 30.5 Å². The van der Waals surface area contributed by atoms with Gasteiger partial charge < -0.3 is 5.32 Å². The molecule has 110 valence electrons. The smallest absolute Gasteiger partial charge is 0.342 e. The van der Waals surface area contributed by atoms with Gasteiger partial charge >= 0.3 is 6.18 Å². The summed E-state index contributed by atoms with van der Waals surface area (Å²) in [5.41, 5.74) is -1.61. The Morgan fingerprint density at radius 2 is 1.70 bits per heavy atom. The monoisotopic (exact) mass is 289 g/mol. The van der Waals surface area contributed by atoms with Crippen molar-refractivity contribution in [1.82, 2.24) is 5.32 Å². The lowest BCUT2D eigenvalue weighted by atomic mass is 9.96. The third-order valence-electron chi connectivity index (χ3n) is 3.66. The molecule has 2 nitrogen and oxygen atoms in total. The highest BCUT2D eigenvalue weighted by Gasteiger charge is 2.56. The summed E-state index contributed by atoms with van der Waals surface area (Å²) in [6.45, 7) is 0. The Morgan fingerprint density at radius 3 is 2.20 bits per heavy atom. The average molecular weight is 289 g/mol. The lowest BCUT2D eigenvalue weighted by Crippen LogP contribution is -2.57. The number of carbonyl (C=O) groups is 1. The molecule has 0 saturated heterocycles. The lowest BCUT2D eigenvalue weighted by molar-refractivity contribution is -0.196. The van der Waals surface area contributed by atoms with Crippen molar-refractivity contribution >= 4 is 5.91 Å². The quantitative estimate of drug-likeness (QED) is 0.849. The van der Waals surface area contributed by atoms with Crippen LogP contribution in [0.4, 0.5) is 17.6 Å². The van der Waals surface area contributed by atoms with E-state index in [-0.39, 0.29) is 19.3 Å². The maximum atomic E-state index is 13.1. The molecule has 1 aliphatic rings. The molecule has 0 unspecified atom stereocenters. The van der Waals surface area contributed by atoms with Crippen molar-refractivity contribution in [3.63, 3.8) is 0 Å². The van der Waals surface area contributed by atoms with Crippen LogP contribution in [0.1, 0.15) is 31.2 Å². The minimum absolute atomic E-state index is 0.0777. The fraction of sp³-hybridized carbons (Fsp3) is 0.500. The largest absolute Gasteiger partial charge is 0.411 e. The summed E-state index contributed by atoms with van der Waals surface area (Å²) in [6.07, 6.45) is -3.87. The molecule has 0 aromatic heterocycles. The molecule has 20 heavy (non-hydrogen) atoms. The Balaban J connectivity index is 2.04. The van der Waals surface area contributed by atoms with Crippen molar-refractivity contribution in [1.29, 1.82) is 0 Å². The van der Waals surface area contributed by atoms with Gasteiger partial charge in [0.2, 0.25) is 5.91 Å². The number of hydrogen-bond donors (Lipinski definition) is 1. The normalized spacial score (nSPS) is 18.0. The van der Waals surface area contributed by atoms with E-state index in [1.807, 2.05) is 0 Å². The van der Waals surface area contributed by atoms with E-state index in [0.717, 1.165) is 0 Å². The van der Waals surface area contributed by atoms with Gasteiger partial charge in [-0.2, -0.15) is 13.2 Å². The maximum Gasteiger partial charge on any atom is 0.411 e. The molecule has 6 heteroatoms. The second kappa shape index (κ2) is 5.42. The predicted octanol–water partition coefficient (Wildman–Crippen LogP) is 3.36. The van der Waals surface area contributed by atoms with Gasteiger partial charge in [0.1, 0.15) is 11.4 Å². The number of nitrogens with one attached hydrogen (secondary N) is 1. The fourth-order valence-electron chi connectivity index (χ4n) is 2.56. The highest BCUT2D eigenvalue weighted by atomic mass is 19.4. The van der Waals surface area contributed by atoms with Gasteiger partial charge in [0.05, 0.1) is 6.42 Å². The van der Waals surface area contributed by atoms with Crippen LogP contribution in [0.25, 0.3) is 0 Å². The Labute approximate surface area is 114 Å². The van der Waals surface area contributed by atoms with Crippen LogP contribution < -0.4 is 5.32 Å². The zero-order valence-corrected chi connectivity index (χ0v) is 10.8. The minimum atomic E-state index is -4.44. The van der Waals surface area contributed by atoms with Gasteiger partial charge in [0, 0.05) is 0 Å². The number of carbonyl (C=O) groups excluding carboxylic acids is 1. The van der Waals surface area contributed by atoms with Gasteiger partial charge in [-0.25, -0.2) is 4.39 Å². The summed E-state index contributed by atoms with van der Waals surface area (Å²) in [6, 6.07) is 5.14. The zero-order valence-electron chi connectivity index (χ0n) is 10.8. The van der Waals surface area contributed by atoms with E-state index in [9.17, 15) is 22.4 Å². The van der Waals surface area contributed by atoms with E-state index in [0.29, 0.717) is 18.4 Å². The standard InChI is InChI=1S/C14H15F4NO/c15-11-5-3-10(4-6-11)9-12(20)19-13(14(16,17)18)7-1-2-8-13/h3-6H,1-2,7-9H2,(H,19,20). The molecule has 1 aliphatic carbocycles. The third-order valence-corrected chi connectivity index (χ3v) is 3.66. The van der Waals surface area contributed by atoms with Crippen molar-refractivity contribution in [2.45, 2.75) is 43.8 Å². The molecule has 0 atom stereocenters. The van der Waals surface area contributed by atoms with Crippen LogP contribution in [0, 0.1) is 5.82 Å². The van der Waals surface area contributed by atoms with Crippen molar-refractivity contribution in [2.75, 3.05) is 0 Å². The van der Waals surface area contributed by atoms with E-state index in [2.05, 4.69) is 5.32 Å². The third kappa shape index (κ3) is 3.11. The van der Waals surface area contributed by atoms with E-state index in [4.69, 9.17) is 0 Å². The fourth-order valence-corrected chi connectivity index (χ4v) is 2.56. The molecule has 0 spiro atoms. The summed E-state index contributed by atoms with van der Waals surface area (Å²) in [5.74, 6) is -1.13. The minimum Gasteiger partial charge on any atom is -0.342 e. The Morgan fingerprint density at radius 1 is 1.15 bits per heavy atom. The Bertz CT molecular complexity index is 475. The van der Waals surface area contributed by atoms with Gasteiger partial charge in [-0.15, -0.1) is 0 Å². The number of alkyl halides is 3. The van der Waals surface area contributed by atoms with E-state index in [1.54, 1.807) is 0 Å². The van der Waals surface area contributed by atoms with Crippen molar-refractivity contribution in [2.24, 2.45) is 0 Å². The van der Waals surface area contributed by atoms with Crippen molar-refractivity contribution in [3.8, 4) is 0 Å². The zero-order chi connectivity index (χ0) is 14.8. The summed E-state index contributed by atoms with van der Waals surface area (Å²) >= 11 is 0. The molecule has 1 amide bonds. The molecule has 2 rings (SSSR count). The van der Waals surface area contributed by atoms with Gasteiger partial charge in [-0.1, -0.05) is 25.0 Å². The Kier molecular flexibility index (Phi) is 4.01. The van der Waals surface area contributed by atoms with E-state index in [1.165, 1.54) is 24.3 Å². The molecular formula is C14H15F4NO. The number of amides is 1. The molecule has 1 N–H and O–H groups in total. The molecule has 0 bridgehead atoms. The maximum absolute atomic E-state index is 13.1. The molecule has 1 saturated carbocycles. The number of halogens is 4. The van der Waals surface area contributed by atoms with Crippen LogP contribution in [0.15, 0.2) is 24.3 Å². The van der Waals surface area contributed by atoms with Gasteiger partial charge in [0.15, 0.2) is 0 Å². The van der Waals surface area contributed by atoms with Crippen LogP contribution in [-0.4, -0.2) is 17.6 Å². The SMILES string of the molecule is O=C(Cc1ccc(F)cc1)NC1(C(F)(F)F)CCCC1. The van der Waals surface area contributed by atoms with E-state index < -0.39 is 23.4 Å². The summed E-state index contributed by atoms with van der Waals surface area (Å²) < 4.78 is 52.0. The van der Waals surface area contributed by atoms with Gasteiger partial charge in [0.25, 0.3) is 0 Å². The topological polar surface area (TPSA) is 29.1 Å². The van der Waals surface area contributed by atoms with Crippen LogP contribution in [0.5, 0.6) is 0 Å². The predicted molar refractivity (Wildman–Crippen MR) is 65.5 cm³/mol. The van der Waals surface area contributed by atoms with Crippen LogP contribution in [0.3, 0.4) is 0 Å². The first-order valence-corrected chi connectivity index (χ1v) is 6.45. The molecular weight excluding hydrogens is 274 g/mol. The van der Waals surface area contributed by atoms with Gasteiger partial charge in [-0.3, -0.25) is 4.79 Å². The first-order valence-electron chi connectivity index (χ1n) is 6.45. The molecule has 1 fully saturated rings. The molecule has 0 radical (unpaired) electrons. The van der Waals surface area contributed by atoms with Crippen LogP contribution in [-0.2, 0) is 11.2 Å². The van der Waals surface area contributed by atoms with Crippen LogP contribution >= 0.6 is 0 Å². The highest BCUT2D eigenvalue weighted by molar-refractivity contribution is 5.79. The summed E-state index contributed by atoms with van der Waals surface area (Å²) in [5, 5.41) is 2.14. The number of rotatable bonds is 3. The molecule has 0 aliphatic heterocycles. The van der Waals surface area contributed by atoms with E-state index >= 15 is 0 Å². The lowest BCUT2D eigenvalue weighted by Gasteiger charge is -2.32. The second-order valence-corrected chi connectivity index (χ2v) is 5.14. The average Bonchev–Trinajstić information content (AvgIpc) is 2.81. The van der Waals surface area contributed by atoms with Crippen LogP contribution in [0.2, 0.25) is 0 Å². The summed E-state index contributed by atoms with van der Waals surface area (Å²) in [7, 11) is 0. The summed E-state index contributed by atoms with van der Waals surface area (Å²) in [4.78, 5) is 11.8.